The molecule has 2 rings (SSSR count). The number of nitrogens with two attached hydrogens (primary N) is 1. The van der Waals surface area contributed by atoms with Crippen molar-refractivity contribution in [1.29, 1.82) is 0 Å². The number of halogens is 2. The second-order valence-corrected chi connectivity index (χ2v) is 6.59. The first-order valence-corrected chi connectivity index (χ1v) is 7.75. The van der Waals surface area contributed by atoms with Gasteiger partial charge < -0.3 is 0 Å². The molecule has 0 heterocycles. The highest BCUT2D eigenvalue weighted by molar-refractivity contribution is 6.35. The maximum absolute atomic E-state index is 6.25. The van der Waals surface area contributed by atoms with Gasteiger partial charge in [0.05, 0.1) is 0 Å². The molecule has 0 aromatic heterocycles. The van der Waals surface area contributed by atoms with Crippen LogP contribution in [0.15, 0.2) is 18.2 Å². The molecule has 1 aliphatic carbocycles. The Bertz CT molecular complexity index is 423. The van der Waals surface area contributed by atoms with Gasteiger partial charge >= 0.3 is 0 Å². The summed E-state index contributed by atoms with van der Waals surface area (Å²) in [6.07, 6.45) is 6.02. The van der Waals surface area contributed by atoms with Crippen LogP contribution in [0.25, 0.3) is 0 Å². The van der Waals surface area contributed by atoms with E-state index >= 15 is 0 Å². The highest BCUT2D eigenvalue weighted by atomic mass is 35.5. The monoisotopic (exact) mass is 300 g/mol. The summed E-state index contributed by atoms with van der Waals surface area (Å²) >= 11 is 12.2. The van der Waals surface area contributed by atoms with E-state index in [9.17, 15) is 0 Å². The minimum atomic E-state index is 0.293. The van der Waals surface area contributed by atoms with E-state index in [0.29, 0.717) is 17.0 Å². The van der Waals surface area contributed by atoms with Gasteiger partial charge in [0.2, 0.25) is 0 Å². The summed E-state index contributed by atoms with van der Waals surface area (Å²) < 4.78 is 0. The Labute approximate surface area is 125 Å². The maximum Gasteiger partial charge on any atom is 0.0453 e. The molecule has 19 heavy (non-hydrogen) atoms. The van der Waals surface area contributed by atoms with Gasteiger partial charge in [0, 0.05) is 16.1 Å². The van der Waals surface area contributed by atoms with E-state index < -0.39 is 0 Å². The third-order valence-electron chi connectivity index (χ3n) is 4.22. The fourth-order valence-electron chi connectivity index (χ4n) is 3.13. The van der Waals surface area contributed by atoms with Crippen LogP contribution in [-0.4, -0.2) is 6.04 Å². The lowest BCUT2D eigenvalue weighted by atomic mass is 9.77. The highest BCUT2D eigenvalue weighted by Gasteiger charge is 2.26. The summed E-state index contributed by atoms with van der Waals surface area (Å²) in [5, 5.41) is 1.41. The van der Waals surface area contributed by atoms with E-state index in [1.165, 1.54) is 25.7 Å². The summed E-state index contributed by atoms with van der Waals surface area (Å²) in [6.45, 7) is 2.33. The highest BCUT2D eigenvalue weighted by Crippen LogP contribution is 2.32. The number of rotatable bonds is 4. The van der Waals surface area contributed by atoms with Crippen molar-refractivity contribution in [3.05, 3.63) is 33.8 Å². The largest absolute Gasteiger partial charge is 0.271 e. The average molecular weight is 301 g/mol. The number of hydrazine groups is 1. The standard InChI is InChI=1S/C15H22Cl2N2/c1-10-3-2-4-12(7-10)15(19-18)8-11-5-6-13(16)9-14(11)17/h5-6,9-10,12,15,19H,2-4,7-8,18H2,1H3. The number of hydrogen-bond donors (Lipinski definition) is 2. The zero-order chi connectivity index (χ0) is 13.8. The third kappa shape index (κ3) is 4.09. The number of benzene rings is 1. The van der Waals surface area contributed by atoms with Crippen LogP contribution in [0.4, 0.5) is 0 Å². The number of nitrogens with one attached hydrogen (secondary N) is 1. The fourth-order valence-corrected chi connectivity index (χ4v) is 3.62. The summed E-state index contributed by atoms with van der Waals surface area (Å²) in [5.41, 5.74) is 4.11. The average Bonchev–Trinajstić information content (AvgIpc) is 2.38. The molecule has 1 saturated carbocycles. The molecule has 3 unspecified atom stereocenters. The van der Waals surface area contributed by atoms with Gasteiger partial charge in [-0.1, -0.05) is 49.0 Å². The van der Waals surface area contributed by atoms with Crippen LogP contribution in [0.2, 0.25) is 10.0 Å². The molecule has 0 spiro atoms. The van der Waals surface area contributed by atoms with E-state index in [1.807, 2.05) is 12.1 Å². The normalized spacial score (nSPS) is 25.3. The molecule has 0 aliphatic heterocycles. The van der Waals surface area contributed by atoms with E-state index in [0.717, 1.165) is 22.9 Å². The minimum absolute atomic E-state index is 0.293. The van der Waals surface area contributed by atoms with Gasteiger partial charge in [-0.25, -0.2) is 0 Å². The molecule has 1 aromatic carbocycles. The molecule has 1 aromatic rings. The van der Waals surface area contributed by atoms with Crippen LogP contribution in [0.3, 0.4) is 0 Å². The predicted molar refractivity (Wildman–Crippen MR) is 82.4 cm³/mol. The van der Waals surface area contributed by atoms with E-state index in [4.69, 9.17) is 29.0 Å². The van der Waals surface area contributed by atoms with Crippen molar-refractivity contribution in [3.63, 3.8) is 0 Å². The molecule has 0 radical (unpaired) electrons. The van der Waals surface area contributed by atoms with Gasteiger partial charge in [-0.2, -0.15) is 0 Å². The first-order valence-electron chi connectivity index (χ1n) is 7.00. The fraction of sp³-hybridized carbons (Fsp3) is 0.600. The van der Waals surface area contributed by atoms with Gasteiger partial charge in [-0.3, -0.25) is 11.3 Å². The molecule has 2 nitrogen and oxygen atoms in total. The minimum Gasteiger partial charge on any atom is -0.271 e. The Morgan fingerprint density at radius 2 is 2.16 bits per heavy atom. The van der Waals surface area contributed by atoms with Crippen LogP contribution in [-0.2, 0) is 6.42 Å². The number of hydrogen-bond acceptors (Lipinski definition) is 2. The van der Waals surface area contributed by atoms with Crippen LogP contribution in [0.5, 0.6) is 0 Å². The second-order valence-electron chi connectivity index (χ2n) is 5.74. The van der Waals surface area contributed by atoms with Crippen molar-refractivity contribution >= 4 is 23.2 Å². The Morgan fingerprint density at radius 1 is 1.37 bits per heavy atom. The van der Waals surface area contributed by atoms with Crippen LogP contribution in [0.1, 0.15) is 38.2 Å². The first-order chi connectivity index (χ1) is 9.10. The summed E-state index contributed by atoms with van der Waals surface area (Å²) in [7, 11) is 0. The van der Waals surface area contributed by atoms with Gasteiger partial charge in [-0.15, -0.1) is 0 Å². The van der Waals surface area contributed by atoms with Crippen molar-refractivity contribution in [2.45, 2.75) is 45.1 Å². The van der Waals surface area contributed by atoms with Crippen LogP contribution >= 0.6 is 23.2 Å². The molecule has 3 N–H and O–H groups in total. The maximum atomic E-state index is 6.25. The van der Waals surface area contributed by atoms with E-state index in [-0.39, 0.29) is 0 Å². The molecule has 0 bridgehead atoms. The lowest BCUT2D eigenvalue weighted by Crippen LogP contribution is -2.44. The topological polar surface area (TPSA) is 38.0 Å². The van der Waals surface area contributed by atoms with Crippen molar-refractivity contribution in [3.8, 4) is 0 Å². The first kappa shape index (κ1) is 15.1. The zero-order valence-corrected chi connectivity index (χ0v) is 12.8. The molecule has 106 valence electrons. The van der Waals surface area contributed by atoms with Crippen LogP contribution < -0.4 is 11.3 Å². The molecule has 1 aliphatic rings. The lowest BCUT2D eigenvalue weighted by Gasteiger charge is -2.33. The zero-order valence-electron chi connectivity index (χ0n) is 11.3. The molecule has 1 fully saturated rings. The van der Waals surface area contributed by atoms with Gasteiger partial charge in [-0.05, 0) is 48.8 Å². The second kappa shape index (κ2) is 6.94. The predicted octanol–water partition coefficient (Wildman–Crippen LogP) is 4.19. The molecular weight excluding hydrogens is 279 g/mol. The lowest BCUT2D eigenvalue weighted by molar-refractivity contribution is 0.222. The Kier molecular flexibility index (Phi) is 5.52. The van der Waals surface area contributed by atoms with Crippen LogP contribution in [0, 0.1) is 11.8 Å². The third-order valence-corrected chi connectivity index (χ3v) is 4.80. The molecule has 4 heteroatoms. The van der Waals surface area contributed by atoms with Gasteiger partial charge in [0.1, 0.15) is 0 Å². The van der Waals surface area contributed by atoms with Crippen molar-refractivity contribution in [2.75, 3.05) is 0 Å². The van der Waals surface area contributed by atoms with Crippen molar-refractivity contribution in [1.82, 2.24) is 5.43 Å². The summed E-state index contributed by atoms with van der Waals surface area (Å²) in [6, 6.07) is 5.98. The Hall–Kier alpha value is -0.280. The SMILES string of the molecule is CC1CCCC(C(Cc2ccc(Cl)cc2Cl)NN)C1. The molecule has 3 atom stereocenters. The van der Waals surface area contributed by atoms with Crippen molar-refractivity contribution in [2.24, 2.45) is 17.7 Å². The quantitative estimate of drug-likeness (QED) is 0.646. The Balaban J connectivity index is 2.05. The summed E-state index contributed by atoms with van der Waals surface area (Å²) in [5.74, 6) is 7.20. The molecule has 0 amide bonds. The van der Waals surface area contributed by atoms with E-state index in [1.54, 1.807) is 6.07 Å². The van der Waals surface area contributed by atoms with Gasteiger partial charge in [0.15, 0.2) is 0 Å². The van der Waals surface area contributed by atoms with Gasteiger partial charge in [0.25, 0.3) is 0 Å². The molecule has 0 saturated heterocycles. The Morgan fingerprint density at radius 3 is 2.79 bits per heavy atom. The summed E-state index contributed by atoms with van der Waals surface area (Å²) in [4.78, 5) is 0. The van der Waals surface area contributed by atoms with Crippen molar-refractivity contribution < 1.29 is 0 Å². The molecular formula is C15H22Cl2N2. The smallest absolute Gasteiger partial charge is 0.0453 e. The van der Waals surface area contributed by atoms with E-state index in [2.05, 4.69) is 12.3 Å².